The first-order chi connectivity index (χ1) is 9.62. The van der Waals surface area contributed by atoms with Gasteiger partial charge < -0.3 is 4.74 Å². The smallest absolute Gasteiger partial charge is 0.320 e. The minimum absolute atomic E-state index is 0.0610. The van der Waals surface area contributed by atoms with Crippen LogP contribution >= 0.6 is 0 Å². The predicted molar refractivity (Wildman–Crippen MR) is 75.4 cm³/mol. The van der Waals surface area contributed by atoms with Gasteiger partial charge in [0.15, 0.2) is 5.78 Å². The quantitative estimate of drug-likeness (QED) is 0.479. The van der Waals surface area contributed by atoms with Gasteiger partial charge in [-0.15, -0.1) is 0 Å². The van der Waals surface area contributed by atoms with Crippen LogP contribution < -0.4 is 0 Å². The van der Waals surface area contributed by atoms with Gasteiger partial charge in [-0.2, -0.15) is 0 Å². The van der Waals surface area contributed by atoms with Crippen LogP contribution in [0, 0.1) is 10.8 Å². The third-order valence-electron chi connectivity index (χ3n) is 4.90. The Morgan fingerprint density at radius 3 is 2.30 bits per heavy atom. The molecule has 3 nitrogen and oxygen atoms in total. The fourth-order valence-electron chi connectivity index (χ4n) is 3.79. The lowest BCUT2D eigenvalue weighted by Gasteiger charge is -2.58. The molecule has 3 rings (SSSR count). The van der Waals surface area contributed by atoms with Crippen LogP contribution in [0.2, 0.25) is 0 Å². The van der Waals surface area contributed by atoms with E-state index in [4.69, 9.17) is 4.74 Å². The van der Waals surface area contributed by atoms with Gasteiger partial charge in [-0.1, -0.05) is 36.8 Å². The Morgan fingerprint density at radius 2 is 1.80 bits per heavy atom. The highest BCUT2D eigenvalue weighted by molar-refractivity contribution is 6.13. The number of hydrogen-bond donors (Lipinski definition) is 0. The van der Waals surface area contributed by atoms with Crippen molar-refractivity contribution in [3.05, 3.63) is 35.9 Å². The monoisotopic (exact) mass is 272 g/mol. The fourth-order valence-corrected chi connectivity index (χ4v) is 3.79. The number of benzene rings is 1. The van der Waals surface area contributed by atoms with Crippen LogP contribution in [0.15, 0.2) is 30.3 Å². The van der Waals surface area contributed by atoms with E-state index in [0.29, 0.717) is 25.0 Å². The Balaban J connectivity index is 1.87. The van der Waals surface area contributed by atoms with E-state index in [1.165, 1.54) is 6.42 Å². The van der Waals surface area contributed by atoms with Crippen LogP contribution in [-0.4, -0.2) is 18.4 Å². The first kappa shape index (κ1) is 13.3. The summed E-state index contributed by atoms with van der Waals surface area (Å²) >= 11 is 0. The van der Waals surface area contributed by atoms with E-state index >= 15 is 0 Å². The molecule has 20 heavy (non-hydrogen) atoms. The Morgan fingerprint density at radius 1 is 1.15 bits per heavy atom. The molecule has 3 heteroatoms. The minimum atomic E-state index is -0.919. The second kappa shape index (κ2) is 4.72. The molecule has 0 atom stereocenters. The molecule has 1 spiro atoms. The van der Waals surface area contributed by atoms with E-state index in [1.54, 1.807) is 19.1 Å². The normalized spacial score (nSPS) is 21.6. The second-order valence-electron chi connectivity index (χ2n) is 6.20. The Kier molecular flexibility index (Phi) is 3.15. The Bertz CT molecular complexity index is 520. The number of carbonyl (C=O) groups is 2. The van der Waals surface area contributed by atoms with Gasteiger partial charge >= 0.3 is 5.97 Å². The van der Waals surface area contributed by atoms with Crippen LogP contribution in [0.5, 0.6) is 0 Å². The number of hydrogen-bond acceptors (Lipinski definition) is 3. The van der Waals surface area contributed by atoms with Crippen molar-refractivity contribution in [2.75, 3.05) is 6.61 Å². The molecule has 0 heterocycles. The van der Waals surface area contributed by atoms with E-state index in [0.717, 1.165) is 12.8 Å². The highest BCUT2D eigenvalue weighted by Crippen LogP contribution is 2.65. The molecule has 2 aliphatic carbocycles. The second-order valence-corrected chi connectivity index (χ2v) is 6.20. The maximum absolute atomic E-state index is 12.8. The number of rotatable bonds is 4. The molecule has 0 N–H and O–H groups in total. The van der Waals surface area contributed by atoms with Gasteiger partial charge in [-0.05, 0) is 38.0 Å². The fraction of sp³-hybridized carbons (Fsp3) is 0.529. The first-order valence-electron chi connectivity index (χ1n) is 7.39. The first-order valence-corrected chi connectivity index (χ1v) is 7.39. The predicted octanol–water partition coefficient (Wildman–Crippen LogP) is 3.38. The summed E-state index contributed by atoms with van der Waals surface area (Å²) in [4.78, 5) is 25.1. The lowest BCUT2D eigenvalue weighted by Crippen LogP contribution is -2.58. The van der Waals surface area contributed by atoms with Crippen LogP contribution in [0.3, 0.4) is 0 Å². The highest BCUT2D eigenvalue weighted by atomic mass is 16.5. The van der Waals surface area contributed by atoms with Gasteiger partial charge in [0.1, 0.15) is 5.41 Å². The molecule has 106 valence electrons. The third kappa shape index (κ3) is 1.88. The van der Waals surface area contributed by atoms with Crippen LogP contribution in [0.1, 0.15) is 49.4 Å². The third-order valence-corrected chi connectivity index (χ3v) is 4.90. The highest BCUT2D eigenvalue weighted by Gasteiger charge is 2.65. The average Bonchev–Trinajstić information content (AvgIpc) is 2.37. The summed E-state index contributed by atoms with van der Waals surface area (Å²) in [5.74, 6) is -0.388. The average molecular weight is 272 g/mol. The van der Waals surface area contributed by atoms with Gasteiger partial charge in [0.05, 0.1) is 6.61 Å². The molecule has 0 radical (unpaired) electrons. The largest absolute Gasteiger partial charge is 0.465 e. The molecule has 0 unspecified atom stereocenters. The lowest BCUT2D eigenvalue weighted by atomic mass is 9.44. The zero-order valence-corrected chi connectivity index (χ0v) is 11.9. The SMILES string of the molecule is CCOC(=O)C1(C(=O)c2ccccc2)CC2(CCC2)C1. The van der Waals surface area contributed by atoms with Crippen molar-refractivity contribution in [2.24, 2.45) is 10.8 Å². The molecule has 1 aromatic carbocycles. The Hall–Kier alpha value is -1.64. The summed E-state index contributed by atoms with van der Waals surface area (Å²) in [5.41, 5.74) is -0.0515. The molecule has 2 saturated carbocycles. The van der Waals surface area contributed by atoms with Crippen molar-refractivity contribution in [1.29, 1.82) is 0 Å². The topological polar surface area (TPSA) is 43.4 Å². The maximum atomic E-state index is 12.8. The number of ketones is 1. The number of ether oxygens (including phenoxy) is 1. The molecular formula is C17H20O3. The van der Waals surface area contributed by atoms with E-state index < -0.39 is 5.41 Å². The minimum Gasteiger partial charge on any atom is -0.465 e. The van der Waals surface area contributed by atoms with E-state index in [9.17, 15) is 9.59 Å². The van der Waals surface area contributed by atoms with E-state index in [-0.39, 0.29) is 17.2 Å². The molecule has 0 aromatic heterocycles. The molecule has 2 fully saturated rings. The van der Waals surface area contributed by atoms with Crippen molar-refractivity contribution in [2.45, 2.75) is 39.0 Å². The number of Topliss-reactive ketones (excluding diaryl/α,β-unsaturated/α-hetero) is 1. The van der Waals surface area contributed by atoms with Gasteiger partial charge in [0, 0.05) is 5.56 Å². The van der Waals surface area contributed by atoms with Crippen molar-refractivity contribution < 1.29 is 14.3 Å². The number of carbonyl (C=O) groups excluding carboxylic acids is 2. The molecule has 0 saturated heterocycles. The van der Waals surface area contributed by atoms with E-state index in [2.05, 4.69) is 0 Å². The standard InChI is InChI=1S/C17H20O3/c1-2-20-15(19)17(11-16(12-17)9-6-10-16)14(18)13-7-4-3-5-8-13/h3-5,7-8H,2,6,9-12H2,1H3. The summed E-state index contributed by atoms with van der Waals surface area (Å²) in [5, 5.41) is 0. The molecule has 2 aliphatic rings. The summed E-state index contributed by atoms with van der Waals surface area (Å²) in [6, 6.07) is 9.12. The summed E-state index contributed by atoms with van der Waals surface area (Å²) in [6.07, 6.45) is 4.87. The molecule has 1 aromatic rings. The van der Waals surface area contributed by atoms with Crippen molar-refractivity contribution >= 4 is 11.8 Å². The molecule has 0 aliphatic heterocycles. The van der Waals surface area contributed by atoms with Gasteiger partial charge in [-0.25, -0.2) is 0 Å². The van der Waals surface area contributed by atoms with Gasteiger partial charge in [-0.3, -0.25) is 9.59 Å². The van der Waals surface area contributed by atoms with Crippen LogP contribution in [0.25, 0.3) is 0 Å². The molecule has 0 bridgehead atoms. The molecular weight excluding hydrogens is 252 g/mol. The summed E-state index contributed by atoms with van der Waals surface area (Å²) in [6.45, 7) is 2.12. The van der Waals surface area contributed by atoms with Crippen LogP contribution in [-0.2, 0) is 9.53 Å². The van der Waals surface area contributed by atoms with Crippen molar-refractivity contribution in [3.63, 3.8) is 0 Å². The lowest BCUT2D eigenvalue weighted by molar-refractivity contribution is -0.171. The van der Waals surface area contributed by atoms with Gasteiger partial charge in [0.2, 0.25) is 0 Å². The van der Waals surface area contributed by atoms with Crippen molar-refractivity contribution in [3.8, 4) is 0 Å². The summed E-state index contributed by atoms with van der Waals surface area (Å²) < 4.78 is 5.19. The molecule has 0 amide bonds. The summed E-state index contributed by atoms with van der Waals surface area (Å²) in [7, 11) is 0. The van der Waals surface area contributed by atoms with Crippen molar-refractivity contribution in [1.82, 2.24) is 0 Å². The van der Waals surface area contributed by atoms with E-state index in [1.807, 2.05) is 18.2 Å². The Labute approximate surface area is 119 Å². The zero-order valence-electron chi connectivity index (χ0n) is 11.9. The number of esters is 1. The van der Waals surface area contributed by atoms with Gasteiger partial charge in [0.25, 0.3) is 0 Å². The maximum Gasteiger partial charge on any atom is 0.320 e. The zero-order chi connectivity index (χ0) is 14.2. The van der Waals surface area contributed by atoms with Crippen LogP contribution in [0.4, 0.5) is 0 Å².